The molecule has 0 aliphatic rings. The molecular formula is C19H20N4O4S. The van der Waals surface area contributed by atoms with Crippen molar-refractivity contribution in [2.45, 2.75) is 19.2 Å². The molecule has 3 rings (SSSR count). The van der Waals surface area contributed by atoms with Gasteiger partial charge in [-0.05, 0) is 31.2 Å². The zero-order chi connectivity index (χ0) is 20.3. The molecule has 0 spiro atoms. The summed E-state index contributed by atoms with van der Waals surface area (Å²) in [5.41, 5.74) is 3.41. The number of sulfonamides is 1. The molecule has 0 unspecified atom stereocenters. The van der Waals surface area contributed by atoms with Gasteiger partial charge in [0.2, 0.25) is 10.0 Å². The number of aryl methyl sites for hydroxylation is 1. The molecule has 0 atom stereocenters. The highest BCUT2D eigenvalue weighted by molar-refractivity contribution is 7.88. The number of hydrogen-bond donors (Lipinski definition) is 2. The Hall–Kier alpha value is -3.04. The molecule has 3 aromatic rings. The first-order valence-electron chi connectivity index (χ1n) is 8.57. The number of non-ortho nitro benzene ring substituents is 1. The lowest BCUT2D eigenvalue weighted by molar-refractivity contribution is -0.383. The third-order valence-electron chi connectivity index (χ3n) is 4.32. The molecule has 0 saturated carbocycles. The van der Waals surface area contributed by atoms with Gasteiger partial charge in [-0.3, -0.25) is 10.1 Å². The quantitative estimate of drug-likeness (QED) is 0.465. The zero-order valence-corrected chi connectivity index (χ0v) is 16.3. The van der Waals surface area contributed by atoms with E-state index in [4.69, 9.17) is 0 Å². The van der Waals surface area contributed by atoms with Gasteiger partial charge >= 0.3 is 0 Å². The van der Waals surface area contributed by atoms with Gasteiger partial charge < -0.3 is 5.32 Å². The summed E-state index contributed by atoms with van der Waals surface area (Å²) in [6.07, 6.45) is 0. The number of anilines is 1. The van der Waals surface area contributed by atoms with Crippen molar-refractivity contribution in [3.05, 3.63) is 75.5 Å². The minimum atomic E-state index is -3.31. The van der Waals surface area contributed by atoms with Crippen LogP contribution in [-0.2, 0) is 22.3 Å². The SMILES string of the molecule is CNS(=O)(=O)Cc1ccc(CNc2cc(C)nc3c([N+](=O)[O-])cccc23)cc1. The van der Waals surface area contributed by atoms with Crippen molar-refractivity contribution in [3.8, 4) is 0 Å². The number of pyridine rings is 1. The van der Waals surface area contributed by atoms with Gasteiger partial charge in [0, 0.05) is 29.4 Å². The van der Waals surface area contributed by atoms with Gasteiger partial charge in [0.25, 0.3) is 5.69 Å². The lowest BCUT2D eigenvalue weighted by atomic mass is 10.1. The fraction of sp³-hybridized carbons (Fsp3) is 0.211. The van der Waals surface area contributed by atoms with E-state index in [9.17, 15) is 18.5 Å². The van der Waals surface area contributed by atoms with Gasteiger partial charge in [-0.1, -0.05) is 36.4 Å². The number of rotatable bonds is 7. The Kier molecular flexibility index (Phi) is 5.57. The number of aromatic nitrogens is 1. The van der Waals surface area contributed by atoms with Crippen molar-refractivity contribution < 1.29 is 13.3 Å². The van der Waals surface area contributed by atoms with E-state index in [0.717, 1.165) is 11.3 Å². The lowest BCUT2D eigenvalue weighted by Gasteiger charge is -2.11. The second kappa shape index (κ2) is 7.91. The van der Waals surface area contributed by atoms with Crippen molar-refractivity contribution in [2.24, 2.45) is 0 Å². The van der Waals surface area contributed by atoms with Gasteiger partial charge in [0.1, 0.15) is 0 Å². The van der Waals surface area contributed by atoms with Crippen LogP contribution in [-0.4, -0.2) is 25.4 Å². The third kappa shape index (κ3) is 4.44. The van der Waals surface area contributed by atoms with Crippen LogP contribution in [0.2, 0.25) is 0 Å². The molecule has 0 radical (unpaired) electrons. The van der Waals surface area contributed by atoms with Gasteiger partial charge in [-0.25, -0.2) is 18.1 Å². The normalized spacial score (nSPS) is 11.5. The Bertz CT molecular complexity index is 1130. The molecule has 0 aliphatic carbocycles. The van der Waals surface area contributed by atoms with Crippen molar-refractivity contribution in [3.63, 3.8) is 0 Å². The summed E-state index contributed by atoms with van der Waals surface area (Å²) in [5, 5.41) is 15.2. The van der Waals surface area contributed by atoms with Crippen LogP contribution in [0.25, 0.3) is 10.9 Å². The minimum absolute atomic E-state index is 0.0284. The molecule has 9 heteroatoms. The fourth-order valence-electron chi connectivity index (χ4n) is 2.90. The topological polar surface area (TPSA) is 114 Å². The molecule has 0 bridgehead atoms. The number of nitrogens with one attached hydrogen (secondary N) is 2. The molecule has 8 nitrogen and oxygen atoms in total. The maximum absolute atomic E-state index is 11.6. The molecule has 2 aromatic carbocycles. The molecule has 28 heavy (non-hydrogen) atoms. The Morgan fingerprint density at radius 3 is 2.43 bits per heavy atom. The predicted molar refractivity (Wildman–Crippen MR) is 109 cm³/mol. The number of hydrogen-bond acceptors (Lipinski definition) is 6. The Morgan fingerprint density at radius 2 is 1.79 bits per heavy atom. The van der Waals surface area contributed by atoms with Crippen molar-refractivity contribution in [1.82, 2.24) is 9.71 Å². The van der Waals surface area contributed by atoms with E-state index in [1.54, 1.807) is 31.2 Å². The van der Waals surface area contributed by atoms with Crippen LogP contribution in [0.5, 0.6) is 0 Å². The first kappa shape index (κ1) is 19.7. The van der Waals surface area contributed by atoms with Gasteiger partial charge in [-0.2, -0.15) is 0 Å². The number of nitro groups is 1. The Labute approximate surface area is 162 Å². The second-order valence-electron chi connectivity index (χ2n) is 6.37. The summed E-state index contributed by atoms with van der Waals surface area (Å²) in [5.74, 6) is -0.0743. The van der Waals surface area contributed by atoms with E-state index >= 15 is 0 Å². The van der Waals surface area contributed by atoms with Gasteiger partial charge in [0.05, 0.1) is 10.7 Å². The Balaban J connectivity index is 1.82. The van der Waals surface area contributed by atoms with E-state index in [-0.39, 0.29) is 11.4 Å². The van der Waals surface area contributed by atoms with Crippen LogP contribution in [0.4, 0.5) is 11.4 Å². The highest BCUT2D eigenvalue weighted by atomic mass is 32.2. The van der Waals surface area contributed by atoms with E-state index in [1.165, 1.54) is 13.1 Å². The second-order valence-corrected chi connectivity index (χ2v) is 8.30. The van der Waals surface area contributed by atoms with Crippen molar-refractivity contribution in [2.75, 3.05) is 12.4 Å². The van der Waals surface area contributed by atoms with Gasteiger partial charge in [-0.15, -0.1) is 0 Å². The monoisotopic (exact) mass is 400 g/mol. The summed E-state index contributed by atoms with van der Waals surface area (Å²) in [6.45, 7) is 2.28. The minimum Gasteiger partial charge on any atom is -0.380 e. The Morgan fingerprint density at radius 1 is 1.11 bits per heavy atom. The zero-order valence-electron chi connectivity index (χ0n) is 15.5. The number of para-hydroxylation sites is 1. The van der Waals surface area contributed by atoms with Crippen LogP contribution in [0.15, 0.2) is 48.5 Å². The molecule has 0 fully saturated rings. The lowest BCUT2D eigenvalue weighted by Crippen LogP contribution is -2.20. The summed E-state index contributed by atoms with van der Waals surface area (Å²) in [4.78, 5) is 15.2. The smallest absolute Gasteiger partial charge is 0.295 e. The molecular weight excluding hydrogens is 380 g/mol. The van der Waals surface area contributed by atoms with Crippen LogP contribution in [0.3, 0.4) is 0 Å². The van der Waals surface area contributed by atoms with Crippen LogP contribution in [0, 0.1) is 17.0 Å². The number of fused-ring (bicyclic) bond motifs is 1. The van der Waals surface area contributed by atoms with E-state index < -0.39 is 14.9 Å². The number of nitro benzene ring substituents is 1. The summed E-state index contributed by atoms with van der Waals surface area (Å²) in [7, 11) is -1.92. The third-order valence-corrected chi connectivity index (χ3v) is 5.65. The highest BCUT2D eigenvalue weighted by Gasteiger charge is 2.15. The maximum atomic E-state index is 11.6. The highest BCUT2D eigenvalue weighted by Crippen LogP contribution is 2.30. The summed E-state index contributed by atoms with van der Waals surface area (Å²) < 4.78 is 25.5. The average molecular weight is 400 g/mol. The first-order valence-corrected chi connectivity index (χ1v) is 10.2. The van der Waals surface area contributed by atoms with Crippen LogP contribution < -0.4 is 10.0 Å². The fourth-order valence-corrected chi connectivity index (χ4v) is 3.67. The molecule has 146 valence electrons. The van der Waals surface area contributed by atoms with E-state index in [0.29, 0.717) is 28.7 Å². The largest absolute Gasteiger partial charge is 0.380 e. The average Bonchev–Trinajstić information content (AvgIpc) is 2.66. The summed E-state index contributed by atoms with van der Waals surface area (Å²) in [6, 6.07) is 14.0. The van der Waals surface area contributed by atoms with Crippen molar-refractivity contribution >= 4 is 32.3 Å². The van der Waals surface area contributed by atoms with Crippen LogP contribution >= 0.6 is 0 Å². The number of benzene rings is 2. The molecule has 0 aliphatic heterocycles. The van der Waals surface area contributed by atoms with E-state index in [2.05, 4.69) is 15.0 Å². The molecule has 1 aromatic heterocycles. The van der Waals surface area contributed by atoms with E-state index in [1.807, 2.05) is 18.2 Å². The standard InChI is InChI=1S/C19H20N4O4S/c1-13-10-17(16-4-3-5-18(23(24)25)19(16)22-13)21-11-14-6-8-15(9-7-14)12-28(26,27)20-2/h3-10,20H,11-12H2,1-2H3,(H,21,22). The summed E-state index contributed by atoms with van der Waals surface area (Å²) >= 11 is 0. The maximum Gasteiger partial charge on any atom is 0.295 e. The van der Waals surface area contributed by atoms with Crippen LogP contribution in [0.1, 0.15) is 16.8 Å². The molecule has 2 N–H and O–H groups in total. The first-order chi connectivity index (χ1) is 13.3. The van der Waals surface area contributed by atoms with Crippen molar-refractivity contribution in [1.29, 1.82) is 0 Å². The molecule has 0 amide bonds. The molecule has 1 heterocycles. The molecule has 0 saturated heterocycles. The van der Waals surface area contributed by atoms with Gasteiger partial charge in [0.15, 0.2) is 5.52 Å². The number of nitrogens with zero attached hydrogens (tertiary/aromatic N) is 2. The predicted octanol–water partition coefficient (Wildman–Crippen LogP) is 3.11.